The van der Waals surface area contributed by atoms with Gasteiger partial charge in [0, 0.05) is 5.56 Å². The summed E-state index contributed by atoms with van der Waals surface area (Å²) < 4.78 is 36.2. The predicted molar refractivity (Wildman–Crippen MR) is 36.4 cm³/mol. The minimum atomic E-state index is -2.65. The number of hydrogen-bond donors (Lipinski definition) is 0. The topological polar surface area (TPSA) is 0 Å². The summed E-state index contributed by atoms with van der Waals surface area (Å²) in [4.78, 5) is 0. The van der Waals surface area contributed by atoms with Crippen LogP contribution >= 0.6 is 11.6 Å². The Labute approximate surface area is 66.6 Å². The van der Waals surface area contributed by atoms with Crippen molar-refractivity contribution in [2.75, 3.05) is 0 Å². The van der Waals surface area contributed by atoms with Crippen LogP contribution < -0.4 is 0 Å². The molecular formula is C7H4ClF3. The molecule has 0 spiro atoms. The van der Waals surface area contributed by atoms with Crippen molar-refractivity contribution in [3.63, 3.8) is 0 Å². The summed E-state index contributed by atoms with van der Waals surface area (Å²) in [5.74, 6) is -0.815. The zero-order chi connectivity index (χ0) is 8.43. The Morgan fingerprint density at radius 2 is 1.91 bits per heavy atom. The molecule has 0 saturated heterocycles. The second kappa shape index (κ2) is 3.13. The Hall–Kier alpha value is -0.700. The third kappa shape index (κ3) is 1.87. The van der Waals surface area contributed by atoms with Crippen LogP contribution in [-0.4, -0.2) is 0 Å². The van der Waals surface area contributed by atoms with E-state index in [1.165, 1.54) is 0 Å². The molecule has 0 N–H and O–H groups in total. The summed E-state index contributed by atoms with van der Waals surface area (Å²) >= 11 is 5.27. The van der Waals surface area contributed by atoms with Gasteiger partial charge in [-0.05, 0) is 12.1 Å². The van der Waals surface area contributed by atoms with Crippen molar-refractivity contribution in [3.05, 3.63) is 34.6 Å². The van der Waals surface area contributed by atoms with Gasteiger partial charge in [0.1, 0.15) is 5.82 Å². The van der Waals surface area contributed by atoms with Gasteiger partial charge in [0.2, 0.25) is 0 Å². The van der Waals surface area contributed by atoms with E-state index < -0.39 is 12.2 Å². The molecule has 0 amide bonds. The van der Waals surface area contributed by atoms with E-state index in [4.69, 9.17) is 11.6 Å². The molecule has 0 bridgehead atoms. The van der Waals surface area contributed by atoms with Gasteiger partial charge in [-0.1, -0.05) is 17.7 Å². The monoisotopic (exact) mass is 180 g/mol. The van der Waals surface area contributed by atoms with Gasteiger partial charge in [0.05, 0.1) is 5.02 Å². The van der Waals surface area contributed by atoms with E-state index in [2.05, 4.69) is 0 Å². The van der Waals surface area contributed by atoms with Crippen LogP contribution in [-0.2, 0) is 0 Å². The molecule has 0 aliphatic rings. The highest BCUT2D eigenvalue weighted by atomic mass is 35.5. The van der Waals surface area contributed by atoms with Crippen molar-refractivity contribution in [2.45, 2.75) is 6.43 Å². The summed E-state index contributed by atoms with van der Waals surface area (Å²) in [6.45, 7) is 0. The van der Waals surface area contributed by atoms with Crippen molar-refractivity contribution in [1.29, 1.82) is 0 Å². The highest BCUT2D eigenvalue weighted by Gasteiger charge is 2.08. The molecule has 1 aromatic carbocycles. The maximum Gasteiger partial charge on any atom is 0.263 e. The van der Waals surface area contributed by atoms with Gasteiger partial charge in [-0.15, -0.1) is 0 Å². The zero-order valence-electron chi connectivity index (χ0n) is 5.32. The highest BCUT2D eigenvalue weighted by Crippen LogP contribution is 2.22. The maximum absolute atomic E-state index is 12.5. The molecule has 0 aliphatic carbocycles. The standard InChI is InChI=1S/C7H4ClF3/c8-5-2-1-4(7(10)11)3-6(5)9/h1-3,7H. The van der Waals surface area contributed by atoms with Crippen molar-refractivity contribution in [1.82, 2.24) is 0 Å². The maximum atomic E-state index is 12.5. The molecule has 1 aromatic rings. The fourth-order valence-corrected chi connectivity index (χ4v) is 0.766. The number of rotatable bonds is 1. The van der Waals surface area contributed by atoms with Gasteiger partial charge in [-0.3, -0.25) is 0 Å². The molecule has 0 saturated carbocycles. The first-order valence-corrected chi connectivity index (χ1v) is 3.22. The normalized spacial score (nSPS) is 10.6. The Balaban J connectivity index is 3.05. The Bertz CT molecular complexity index is 260. The lowest BCUT2D eigenvalue weighted by Crippen LogP contribution is -1.85. The molecule has 0 heterocycles. The fourth-order valence-electron chi connectivity index (χ4n) is 0.648. The summed E-state index contributed by atoms with van der Waals surface area (Å²) in [7, 11) is 0. The van der Waals surface area contributed by atoms with E-state index in [1.807, 2.05) is 0 Å². The van der Waals surface area contributed by atoms with E-state index in [0.717, 1.165) is 18.2 Å². The average Bonchev–Trinajstić information content (AvgIpc) is 1.94. The molecule has 1 rings (SSSR count). The third-order valence-corrected chi connectivity index (χ3v) is 1.50. The fraction of sp³-hybridized carbons (Fsp3) is 0.143. The van der Waals surface area contributed by atoms with E-state index in [9.17, 15) is 13.2 Å². The first-order valence-electron chi connectivity index (χ1n) is 2.84. The number of hydrogen-bond acceptors (Lipinski definition) is 0. The van der Waals surface area contributed by atoms with E-state index in [0.29, 0.717) is 0 Å². The largest absolute Gasteiger partial charge is 0.263 e. The lowest BCUT2D eigenvalue weighted by Gasteiger charge is -1.99. The second-order valence-electron chi connectivity index (χ2n) is 1.97. The molecule has 0 nitrogen and oxygen atoms in total. The van der Waals surface area contributed by atoms with Crippen LogP contribution in [0.5, 0.6) is 0 Å². The average molecular weight is 181 g/mol. The second-order valence-corrected chi connectivity index (χ2v) is 2.38. The molecule has 0 aliphatic heterocycles. The lowest BCUT2D eigenvalue weighted by atomic mass is 10.2. The van der Waals surface area contributed by atoms with Crippen LogP contribution in [0.15, 0.2) is 18.2 Å². The number of benzene rings is 1. The minimum absolute atomic E-state index is 0.144. The van der Waals surface area contributed by atoms with Crippen LogP contribution in [0.25, 0.3) is 0 Å². The Morgan fingerprint density at radius 3 is 2.36 bits per heavy atom. The zero-order valence-corrected chi connectivity index (χ0v) is 6.08. The predicted octanol–water partition coefficient (Wildman–Crippen LogP) is 3.42. The van der Waals surface area contributed by atoms with E-state index >= 15 is 0 Å². The summed E-state index contributed by atoms with van der Waals surface area (Å²) in [6.07, 6.45) is -2.65. The van der Waals surface area contributed by atoms with Crippen LogP contribution in [0.4, 0.5) is 13.2 Å². The SMILES string of the molecule is Fc1cc(C(F)F)ccc1Cl. The highest BCUT2D eigenvalue weighted by molar-refractivity contribution is 6.30. The molecular weight excluding hydrogens is 177 g/mol. The first-order chi connectivity index (χ1) is 5.11. The number of alkyl halides is 2. The molecule has 0 unspecified atom stereocenters. The molecule has 0 atom stereocenters. The number of halogens is 4. The summed E-state index contributed by atoms with van der Waals surface area (Å²) in [5, 5.41) is -0.144. The van der Waals surface area contributed by atoms with Crippen LogP contribution in [0, 0.1) is 5.82 Å². The van der Waals surface area contributed by atoms with Gasteiger partial charge in [-0.2, -0.15) is 0 Å². The molecule has 60 valence electrons. The van der Waals surface area contributed by atoms with Gasteiger partial charge in [0.25, 0.3) is 6.43 Å². The smallest absolute Gasteiger partial charge is 0.205 e. The van der Waals surface area contributed by atoms with Crippen LogP contribution in [0.3, 0.4) is 0 Å². The lowest BCUT2D eigenvalue weighted by molar-refractivity contribution is 0.151. The van der Waals surface area contributed by atoms with Gasteiger partial charge < -0.3 is 0 Å². The summed E-state index contributed by atoms with van der Waals surface area (Å²) in [6, 6.07) is 2.93. The van der Waals surface area contributed by atoms with Crippen molar-refractivity contribution in [3.8, 4) is 0 Å². The quantitative estimate of drug-likeness (QED) is 0.621. The third-order valence-electron chi connectivity index (χ3n) is 1.20. The van der Waals surface area contributed by atoms with Crippen LogP contribution in [0.2, 0.25) is 5.02 Å². The van der Waals surface area contributed by atoms with Crippen molar-refractivity contribution >= 4 is 11.6 Å². The van der Waals surface area contributed by atoms with Gasteiger partial charge in [-0.25, -0.2) is 13.2 Å². The van der Waals surface area contributed by atoms with Crippen molar-refractivity contribution in [2.24, 2.45) is 0 Å². The summed E-state index contributed by atoms with van der Waals surface area (Å²) in [5.41, 5.74) is -0.355. The molecule has 4 heteroatoms. The molecule has 0 radical (unpaired) electrons. The van der Waals surface area contributed by atoms with E-state index in [-0.39, 0.29) is 10.6 Å². The molecule has 0 fully saturated rings. The molecule has 11 heavy (non-hydrogen) atoms. The van der Waals surface area contributed by atoms with Gasteiger partial charge >= 0.3 is 0 Å². The van der Waals surface area contributed by atoms with Gasteiger partial charge in [0.15, 0.2) is 0 Å². The Morgan fingerprint density at radius 1 is 1.27 bits per heavy atom. The van der Waals surface area contributed by atoms with Crippen molar-refractivity contribution < 1.29 is 13.2 Å². The van der Waals surface area contributed by atoms with E-state index in [1.54, 1.807) is 0 Å². The first kappa shape index (κ1) is 8.40. The molecule has 0 aromatic heterocycles. The van der Waals surface area contributed by atoms with Crippen LogP contribution in [0.1, 0.15) is 12.0 Å². The minimum Gasteiger partial charge on any atom is -0.205 e. The Kier molecular flexibility index (Phi) is 2.39.